The van der Waals surface area contributed by atoms with Crippen LogP contribution in [0.3, 0.4) is 0 Å². The van der Waals surface area contributed by atoms with Gasteiger partial charge in [-0.2, -0.15) is 4.98 Å². The Morgan fingerprint density at radius 1 is 1.64 bits per heavy atom. The van der Waals surface area contributed by atoms with Crippen molar-refractivity contribution < 1.29 is 9.32 Å². The molecule has 1 aromatic heterocycles. The lowest BCUT2D eigenvalue weighted by Gasteiger charge is -1.78. The Kier molecular flexibility index (Phi) is 3.49. The van der Waals surface area contributed by atoms with Crippen LogP contribution in [0.15, 0.2) is 4.52 Å². The largest absolute Gasteiger partial charge is 0.363 e. The third kappa shape index (κ3) is 2.17. The van der Waals surface area contributed by atoms with Crippen LogP contribution in [-0.2, 0) is 6.54 Å². The van der Waals surface area contributed by atoms with Crippen molar-refractivity contribution in [1.29, 1.82) is 0 Å². The number of hydrogen-bond donors (Lipinski definition) is 2. The molecule has 0 fully saturated rings. The van der Waals surface area contributed by atoms with E-state index in [2.05, 4.69) is 14.7 Å². The molecule has 0 atom stereocenters. The molecule has 0 unspecified atom stereocenters. The lowest BCUT2D eigenvalue weighted by molar-refractivity contribution is 0.0987. The number of nitrogens with zero attached hydrogens (tertiary/aromatic N) is 2. The molecule has 62 valence electrons. The van der Waals surface area contributed by atoms with Crippen LogP contribution in [0, 0.1) is 0 Å². The van der Waals surface area contributed by atoms with Gasteiger partial charge in [0.05, 0.1) is 6.54 Å². The Labute approximate surface area is 68.3 Å². The maximum Gasteiger partial charge on any atom is 0.290 e. The topological polar surface area (TPSA) is 108 Å². The maximum atomic E-state index is 10.3. The van der Waals surface area contributed by atoms with Crippen LogP contribution in [0.25, 0.3) is 0 Å². The zero-order valence-corrected chi connectivity index (χ0v) is 6.30. The molecule has 1 rings (SSSR count). The van der Waals surface area contributed by atoms with Crippen molar-refractivity contribution in [1.82, 2.24) is 10.1 Å². The number of carbonyl (C=O) groups is 1. The van der Waals surface area contributed by atoms with Crippen molar-refractivity contribution in [2.75, 3.05) is 0 Å². The first kappa shape index (κ1) is 9.86. The molecule has 0 radical (unpaired) electrons. The maximum absolute atomic E-state index is 10.3. The van der Waals surface area contributed by atoms with Gasteiger partial charge in [0.15, 0.2) is 0 Å². The van der Waals surface area contributed by atoms with Crippen molar-refractivity contribution >= 4 is 18.3 Å². The molecular weight excluding hydrogens is 172 g/mol. The number of primary amides is 1. The van der Waals surface area contributed by atoms with E-state index in [1.165, 1.54) is 0 Å². The van der Waals surface area contributed by atoms with Gasteiger partial charge >= 0.3 is 0 Å². The Morgan fingerprint density at radius 2 is 2.27 bits per heavy atom. The highest BCUT2D eigenvalue weighted by atomic mass is 35.5. The van der Waals surface area contributed by atoms with Gasteiger partial charge in [0.1, 0.15) is 0 Å². The summed E-state index contributed by atoms with van der Waals surface area (Å²) in [5.74, 6) is -0.655. The van der Waals surface area contributed by atoms with E-state index in [0.717, 1.165) is 0 Å². The number of carbonyl (C=O) groups excluding carboxylic acids is 1. The van der Waals surface area contributed by atoms with Gasteiger partial charge in [0, 0.05) is 0 Å². The molecule has 0 spiro atoms. The number of aromatic nitrogens is 2. The number of halogens is 1. The standard InChI is InChI=1S/C4H6N4O2.ClH/c5-1-2-7-4(3(6)9)8-10-2;/h1,5H2,(H2,6,9);1H. The third-order valence-corrected chi connectivity index (χ3v) is 0.863. The Morgan fingerprint density at radius 3 is 2.55 bits per heavy atom. The molecule has 0 bridgehead atoms. The van der Waals surface area contributed by atoms with Gasteiger partial charge in [-0.25, -0.2) is 0 Å². The van der Waals surface area contributed by atoms with Crippen molar-refractivity contribution in [2.24, 2.45) is 11.5 Å². The number of hydrogen-bond acceptors (Lipinski definition) is 5. The molecule has 0 aromatic carbocycles. The third-order valence-electron chi connectivity index (χ3n) is 0.863. The molecule has 4 N–H and O–H groups in total. The Balaban J connectivity index is 0.000001000. The van der Waals surface area contributed by atoms with Crippen molar-refractivity contribution in [2.45, 2.75) is 6.54 Å². The summed E-state index contributed by atoms with van der Waals surface area (Å²) in [6, 6.07) is 0. The van der Waals surface area contributed by atoms with E-state index < -0.39 is 5.91 Å². The Hall–Kier alpha value is -1.14. The van der Waals surface area contributed by atoms with Crippen LogP contribution >= 0.6 is 12.4 Å². The second kappa shape index (κ2) is 3.89. The van der Waals surface area contributed by atoms with E-state index >= 15 is 0 Å². The van der Waals surface area contributed by atoms with Crippen molar-refractivity contribution in [3.63, 3.8) is 0 Å². The minimum Gasteiger partial charge on any atom is -0.363 e. The molecule has 1 amide bonds. The van der Waals surface area contributed by atoms with Crippen LogP contribution in [0.4, 0.5) is 0 Å². The molecule has 1 heterocycles. The van der Waals surface area contributed by atoms with Gasteiger partial charge in [0.2, 0.25) is 5.89 Å². The van der Waals surface area contributed by atoms with E-state index in [1.54, 1.807) is 0 Å². The molecule has 7 heteroatoms. The molecule has 0 aliphatic heterocycles. The summed E-state index contributed by atoms with van der Waals surface area (Å²) in [6.07, 6.45) is 0. The normalized spacial score (nSPS) is 8.82. The highest BCUT2D eigenvalue weighted by molar-refractivity contribution is 5.88. The number of nitrogens with two attached hydrogens (primary N) is 2. The van der Waals surface area contributed by atoms with Gasteiger partial charge in [-0.15, -0.1) is 12.4 Å². The molecule has 1 aromatic rings. The van der Waals surface area contributed by atoms with Gasteiger partial charge in [0.25, 0.3) is 11.7 Å². The number of amides is 1. The summed E-state index contributed by atoms with van der Waals surface area (Å²) >= 11 is 0. The van der Waals surface area contributed by atoms with Gasteiger partial charge in [-0.1, -0.05) is 5.16 Å². The van der Waals surface area contributed by atoms with E-state index in [9.17, 15) is 4.79 Å². The van der Waals surface area contributed by atoms with Gasteiger partial charge in [-0.3, -0.25) is 4.79 Å². The summed E-state index contributed by atoms with van der Waals surface area (Å²) in [4.78, 5) is 13.9. The molecule has 11 heavy (non-hydrogen) atoms. The first-order valence-corrected chi connectivity index (χ1v) is 2.56. The zero-order chi connectivity index (χ0) is 7.56. The predicted octanol–water partition coefficient (Wildman–Crippen LogP) is -0.951. The fourth-order valence-electron chi connectivity index (χ4n) is 0.438. The van der Waals surface area contributed by atoms with Crippen LogP contribution < -0.4 is 11.5 Å². The van der Waals surface area contributed by atoms with E-state index in [0.29, 0.717) is 0 Å². The molecule has 0 saturated carbocycles. The van der Waals surface area contributed by atoms with E-state index in [1.807, 2.05) is 0 Å². The predicted molar refractivity (Wildman–Crippen MR) is 38.0 cm³/mol. The fourth-order valence-corrected chi connectivity index (χ4v) is 0.438. The minimum atomic E-state index is -0.719. The quantitative estimate of drug-likeness (QED) is 0.607. The molecule has 6 nitrogen and oxygen atoms in total. The van der Waals surface area contributed by atoms with Gasteiger partial charge in [-0.05, 0) is 0 Å². The Bertz CT molecular complexity index is 248. The lowest BCUT2D eigenvalue weighted by Crippen LogP contribution is -2.13. The number of rotatable bonds is 2. The summed E-state index contributed by atoms with van der Waals surface area (Å²) < 4.78 is 4.49. The van der Waals surface area contributed by atoms with E-state index in [4.69, 9.17) is 11.5 Å². The van der Waals surface area contributed by atoms with Crippen molar-refractivity contribution in [3.05, 3.63) is 11.7 Å². The molecule has 0 saturated heterocycles. The average molecular weight is 179 g/mol. The summed E-state index contributed by atoms with van der Waals surface area (Å²) in [5.41, 5.74) is 9.93. The summed E-state index contributed by atoms with van der Waals surface area (Å²) in [7, 11) is 0. The van der Waals surface area contributed by atoms with Crippen LogP contribution in [0.1, 0.15) is 16.5 Å². The first-order chi connectivity index (χ1) is 4.74. The summed E-state index contributed by atoms with van der Waals surface area (Å²) in [5, 5.41) is 3.25. The SMILES string of the molecule is Cl.NCc1nc(C(N)=O)no1. The van der Waals surface area contributed by atoms with Crippen LogP contribution in [0.2, 0.25) is 0 Å². The first-order valence-electron chi connectivity index (χ1n) is 2.56. The van der Waals surface area contributed by atoms with Crippen LogP contribution in [0.5, 0.6) is 0 Å². The van der Waals surface area contributed by atoms with Crippen molar-refractivity contribution in [3.8, 4) is 0 Å². The molecule has 0 aliphatic carbocycles. The molecule has 0 aliphatic rings. The zero-order valence-electron chi connectivity index (χ0n) is 5.48. The van der Waals surface area contributed by atoms with Crippen LogP contribution in [-0.4, -0.2) is 16.0 Å². The highest BCUT2D eigenvalue weighted by Crippen LogP contribution is 1.93. The summed E-state index contributed by atoms with van der Waals surface area (Å²) in [6.45, 7) is 0.111. The monoisotopic (exact) mass is 178 g/mol. The minimum absolute atomic E-state index is 0. The van der Waals surface area contributed by atoms with E-state index in [-0.39, 0.29) is 30.7 Å². The second-order valence-electron chi connectivity index (χ2n) is 1.58. The average Bonchev–Trinajstić information content (AvgIpc) is 2.34. The highest BCUT2D eigenvalue weighted by Gasteiger charge is 2.08. The van der Waals surface area contributed by atoms with Gasteiger partial charge < -0.3 is 16.0 Å². The second-order valence-corrected chi connectivity index (χ2v) is 1.58. The molecular formula is C4H7ClN4O2. The fraction of sp³-hybridized carbons (Fsp3) is 0.250. The lowest BCUT2D eigenvalue weighted by atomic mass is 10.6. The smallest absolute Gasteiger partial charge is 0.290 e.